The smallest absolute Gasteiger partial charge is 0.318 e. The molecule has 1 N–H and O–H groups in total. The molecule has 6 heteroatoms. The third-order valence-corrected chi connectivity index (χ3v) is 5.14. The monoisotopic (exact) mass is 350 g/mol. The van der Waals surface area contributed by atoms with Crippen molar-refractivity contribution in [2.45, 2.75) is 32.2 Å². The molecule has 2 atom stereocenters. The third kappa shape index (κ3) is 5.37. The Bertz CT molecular complexity index is 671. The van der Waals surface area contributed by atoms with Gasteiger partial charge in [-0.1, -0.05) is 49.8 Å². The summed E-state index contributed by atoms with van der Waals surface area (Å²) in [5, 5.41) is 3.91. The van der Waals surface area contributed by atoms with Crippen molar-refractivity contribution in [3.05, 3.63) is 47.4 Å². The Kier molecular flexibility index (Phi) is 6.43. The van der Waals surface area contributed by atoms with E-state index in [0.29, 0.717) is 5.92 Å². The van der Waals surface area contributed by atoms with Crippen molar-refractivity contribution in [3.8, 4) is 0 Å². The third-order valence-electron chi connectivity index (χ3n) is 4.45. The molecule has 132 valence electrons. The molecule has 1 fully saturated rings. The number of rotatable bonds is 5. The number of benzene rings is 1. The molecule has 5 nitrogen and oxygen atoms in total. The molecule has 0 unspecified atom stereocenters. The Balaban J connectivity index is 2.05. The van der Waals surface area contributed by atoms with Gasteiger partial charge < -0.3 is 10.2 Å². The molecular weight excluding hydrogens is 324 g/mol. The summed E-state index contributed by atoms with van der Waals surface area (Å²) >= 11 is 0. The Morgan fingerprint density at radius 2 is 2.04 bits per heavy atom. The summed E-state index contributed by atoms with van der Waals surface area (Å²) in [4.78, 5) is 14.4. The van der Waals surface area contributed by atoms with E-state index in [1.165, 1.54) is 6.08 Å². The average molecular weight is 350 g/mol. The van der Waals surface area contributed by atoms with E-state index >= 15 is 0 Å². The first-order chi connectivity index (χ1) is 11.4. The van der Waals surface area contributed by atoms with Gasteiger partial charge in [-0.2, -0.15) is 0 Å². The van der Waals surface area contributed by atoms with E-state index in [9.17, 15) is 13.2 Å². The molecule has 24 heavy (non-hydrogen) atoms. The van der Waals surface area contributed by atoms with Gasteiger partial charge in [-0.05, 0) is 24.3 Å². The second kappa shape index (κ2) is 8.33. The number of nitrogens with one attached hydrogen (secondary N) is 1. The van der Waals surface area contributed by atoms with Gasteiger partial charge >= 0.3 is 6.03 Å². The highest BCUT2D eigenvalue weighted by molar-refractivity contribution is 7.93. The first kappa shape index (κ1) is 18.5. The van der Waals surface area contributed by atoms with Crippen molar-refractivity contribution in [1.29, 1.82) is 0 Å². The molecule has 0 aliphatic carbocycles. The fourth-order valence-electron chi connectivity index (χ4n) is 3.11. The van der Waals surface area contributed by atoms with Crippen molar-refractivity contribution < 1.29 is 13.2 Å². The van der Waals surface area contributed by atoms with Crippen molar-refractivity contribution in [1.82, 2.24) is 10.2 Å². The van der Waals surface area contributed by atoms with Crippen LogP contribution in [0.2, 0.25) is 0 Å². The van der Waals surface area contributed by atoms with Crippen LogP contribution in [0.4, 0.5) is 4.79 Å². The molecule has 0 spiro atoms. The number of carbonyl (C=O) groups is 1. The molecule has 2 amide bonds. The predicted molar refractivity (Wildman–Crippen MR) is 96.3 cm³/mol. The van der Waals surface area contributed by atoms with Crippen LogP contribution in [0.3, 0.4) is 0 Å². The van der Waals surface area contributed by atoms with Crippen molar-refractivity contribution in [2.75, 3.05) is 19.3 Å². The number of likely N-dealkylation sites (tertiary alicyclic amines) is 1. The molecule has 2 rings (SSSR count). The molecule has 0 bridgehead atoms. The minimum absolute atomic E-state index is 0.0730. The molecule has 1 aliphatic rings. The lowest BCUT2D eigenvalue weighted by Gasteiger charge is -2.39. The van der Waals surface area contributed by atoms with E-state index < -0.39 is 9.84 Å². The highest BCUT2D eigenvalue weighted by Gasteiger charge is 2.31. The van der Waals surface area contributed by atoms with Crippen LogP contribution in [0.5, 0.6) is 0 Å². The lowest BCUT2D eigenvalue weighted by atomic mass is 9.86. The lowest BCUT2D eigenvalue weighted by molar-refractivity contribution is 0.126. The summed E-state index contributed by atoms with van der Waals surface area (Å²) in [7, 11) is -3.16. The molecule has 1 aliphatic heterocycles. The summed E-state index contributed by atoms with van der Waals surface area (Å²) in [6, 6.07) is 10.0. The molecule has 0 radical (unpaired) electrons. The topological polar surface area (TPSA) is 66.5 Å². The summed E-state index contributed by atoms with van der Waals surface area (Å²) in [6.07, 6.45) is 5.69. The zero-order chi connectivity index (χ0) is 17.6. The van der Waals surface area contributed by atoms with Gasteiger partial charge in [-0.25, -0.2) is 13.2 Å². The number of urea groups is 1. The highest BCUT2D eigenvalue weighted by Crippen LogP contribution is 2.35. The predicted octanol–water partition coefficient (Wildman–Crippen LogP) is 3.12. The van der Waals surface area contributed by atoms with Gasteiger partial charge in [0.05, 0.1) is 6.04 Å². The van der Waals surface area contributed by atoms with E-state index in [2.05, 4.69) is 24.4 Å². The number of hydrogen-bond donors (Lipinski definition) is 1. The molecule has 1 aromatic rings. The first-order valence-corrected chi connectivity index (χ1v) is 10.3. The van der Waals surface area contributed by atoms with Gasteiger partial charge in [0, 0.05) is 24.8 Å². The molecule has 0 saturated carbocycles. The molecule has 0 aromatic heterocycles. The van der Waals surface area contributed by atoms with Crippen LogP contribution < -0.4 is 5.32 Å². The van der Waals surface area contributed by atoms with Crippen LogP contribution in [0.15, 0.2) is 41.8 Å². The number of hydrogen-bond acceptors (Lipinski definition) is 3. The minimum Gasteiger partial charge on any atom is -0.334 e. The SMILES string of the molecule is CC[C@@H]1CCN(C(=O)NC/C=C/S(C)(=O)=O)[C@H](c2ccccc2)C1. The van der Waals surface area contributed by atoms with E-state index in [1.807, 2.05) is 23.1 Å². The highest BCUT2D eigenvalue weighted by atomic mass is 32.2. The van der Waals surface area contributed by atoms with Gasteiger partial charge in [0.2, 0.25) is 0 Å². The standard InChI is InChI=1S/C18H26N2O3S/c1-3-15-10-12-20(17(14-15)16-8-5-4-6-9-16)18(21)19-11-7-13-24(2,22)23/h4-9,13,15,17H,3,10-12,14H2,1-2H3,(H,19,21)/b13-7+/t15-,17+/m1/s1. The second-order valence-corrected chi connectivity index (χ2v) is 8.24. The Morgan fingerprint density at radius 1 is 1.33 bits per heavy atom. The molecule has 1 aromatic carbocycles. The molecule has 1 saturated heterocycles. The Labute approximate surface area is 144 Å². The van der Waals surface area contributed by atoms with Crippen LogP contribution in [0.1, 0.15) is 37.8 Å². The fraction of sp³-hybridized carbons (Fsp3) is 0.500. The maximum absolute atomic E-state index is 12.5. The van der Waals surface area contributed by atoms with Crippen LogP contribution in [-0.2, 0) is 9.84 Å². The molecule has 1 heterocycles. The number of sulfone groups is 1. The lowest BCUT2D eigenvalue weighted by Crippen LogP contribution is -2.46. The van der Waals surface area contributed by atoms with Crippen molar-refractivity contribution in [3.63, 3.8) is 0 Å². The van der Waals surface area contributed by atoms with Gasteiger partial charge in [0.1, 0.15) is 0 Å². The Morgan fingerprint density at radius 3 is 2.67 bits per heavy atom. The van der Waals surface area contributed by atoms with Gasteiger partial charge in [0.15, 0.2) is 9.84 Å². The van der Waals surface area contributed by atoms with Gasteiger partial charge in [0.25, 0.3) is 0 Å². The zero-order valence-corrected chi connectivity index (χ0v) is 15.1. The van der Waals surface area contributed by atoms with Crippen LogP contribution in [-0.4, -0.2) is 38.7 Å². The van der Waals surface area contributed by atoms with E-state index in [-0.39, 0.29) is 18.6 Å². The van der Waals surface area contributed by atoms with Crippen molar-refractivity contribution >= 4 is 15.9 Å². The van der Waals surface area contributed by atoms with Crippen LogP contribution in [0, 0.1) is 5.92 Å². The summed E-state index contributed by atoms with van der Waals surface area (Å²) in [5.41, 5.74) is 1.15. The first-order valence-electron chi connectivity index (χ1n) is 8.36. The van der Waals surface area contributed by atoms with Gasteiger partial charge in [-0.15, -0.1) is 0 Å². The minimum atomic E-state index is -3.16. The number of carbonyl (C=O) groups excluding carboxylic acids is 1. The van der Waals surface area contributed by atoms with Crippen molar-refractivity contribution in [2.24, 2.45) is 5.92 Å². The maximum Gasteiger partial charge on any atom is 0.318 e. The van der Waals surface area contributed by atoms with E-state index in [4.69, 9.17) is 0 Å². The van der Waals surface area contributed by atoms with E-state index in [1.54, 1.807) is 0 Å². The zero-order valence-electron chi connectivity index (χ0n) is 14.3. The van der Waals surface area contributed by atoms with Gasteiger partial charge in [-0.3, -0.25) is 0 Å². The molecular formula is C18H26N2O3S. The van der Waals surface area contributed by atoms with Crippen LogP contribution >= 0.6 is 0 Å². The normalized spacial score (nSPS) is 21.8. The number of nitrogens with zero attached hydrogens (tertiary/aromatic N) is 1. The number of amides is 2. The summed E-state index contributed by atoms with van der Waals surface area (Å²) in [6.45, 7) is 3.12. The maximum atomic E-state index is 12.5. The fourth-order valence-corrected chi connectivity index (χ4v) is 3.56. The average Bonchev–Trinajstić information content (AvgIpc) is 2.58. The quantitative estimate of drug-likeness (QED) is 0.887. The Hall–Kier alpha value is -1.82. The largest absolute Gasteiger partial charge is 0.334 e. The van der Waals surface area contributed by atoms with Crippen LogP contribution in [0.25, 0.3) is 0 Å². The summed E-state index contributed by atoms with van der Waals surface area (Å²) < 4.78 is 22.1. The summed E-state index contributed by atoms with van der Waals surface area (Å²) in [5.74, 6) is 0.629. The second-order valence-electron chi connectivity index (χ2n) is 6.31. The number of piperidine rings is 1. The van der Waals surface area contributed by atoms with E-state index in [0.717, 1.165) is 43.0 Å².